The van der Waals surface area contributed by atoms with Crippen LogP contribution in [0.15, 0.2) is 103 Å². The number of aliphatic hydroxyl groups is 1. The van der Waals surface area contributed by atoms with Crippen LogP contribution in [-0.4, -0.2) is 27.2 Å². The van der Waals surface area contributed by atoms with E-state index in [0.717, 1.165) is 16.7 Å². The molecule has 3 atom stereocenters. The van der Waals surface area contributed by atoms with E-state index in [1.165, 1.54) is 6.07 Å². The fourth-order valence-corrected chi connectivity index (χ4v) is 5.18. The van der Waals surface area contributed by atoms with Gasteiger partial charge in [-0.1, -0.05) is 103 Å². The molecular weight excluding hydrogens is 488 g/mol. The molecule has 5 nitrogen and oxygen atoms in total. The lowest BCUT2D eigenvalue weighted by Gasteiger charge is -2.30. The van der Waals surface area contributed by atoms with E-state index in [1.807, 2.05) is 103 Å². The van der Waals surface area contributed by atoms with E-state index in [1.54, 1.807) is 0 Å². The molecular formula is C34H32O5. The minimum atomic E-state index is -0.677. The molecule has 0 amide bonds. The van der Waals surface area contributed by atoms with Gasteiger partial charge in [-0.25, -0.2) is 0 Å². The summed E-state index contributed by atoms with van der Waals surface area (Å²) >= 11 is 0. The molecule has 0 saturated heterocycles. The van der Waals surface area contributed by atoms with Crippen molar-refractivity contribution in [3.05, 3.63) is 131 Å². The van der Waals surface area contributed by atoms with Crippen molar-refractivity contribution >= 4 is 11.9 Å². The summed E-state index contributed by atoms with van der Waals surface area (Å²) in [7, 11) is 0. The number of allylic oxidation sites excluding steroid dienone is 1. The van der Waals surface area contributed by atoms with E-state index in [2.05, 4.69) is 0 Å². The molecule has 0 fully saturated rings. The van der Waals surface area contributed by atoms with Crippen molar-refractivity contribution < 1.29 is 24.9 Å². The molecule has 0 spiro atoms. The largest absolute Gasteiger partial charge is 0.507 e. The standard InChI is InChI=1S/C34H32O5/c35-27(19-17-24-12-6-2-7-13-24)20-26(18-16-23-10-4-1-5-11-23)32-28(36)21-29(37)33-30(38)22-31(39-34(32)33)25-14-8-3-9-15-25/h1-16,18,21,26-27,31,35-37H,17,19-20,22H2/b18-16+/t26-,27-,31-/m0/s1. The second-order valence-electron chi connectivity index (χ2n) is 9.97. The predicted molar refractivity (Wildman–Crippen MR) is 152 cm³/mol. The number of carbonyl (C=O) groups excluding carboxylic acids is 1. The highest BCUT2D eigenvalue weighted by molar-refractivity contribution is 6.03. The van der Waals surface area contributed by atoms with Crippen LogP contribution in [0.1, 0.15) is 63.9 Å². The van der Waals surface area contributed by atoms with Crippen LogP contribution in [0.25, 0.3) is 6.08 Å². The number of ether oxygens (including phenoxy) is 1. The van der Waals surface area contributed by atoms with Crippen LogP contribution in [0, 0.1) is 0 Å². The van der Waals surface area contributed by atoms with Gasteiger partial charge in [0.1, 0.15) is 28.9 Å². The SMILES string of the molecule is O=C1C[C@@H](c2ccccc2)Oc2c1c(O)cc(O)c2[C@@H](/C=C/c1ccccc1)C[C@@H](O)CCc1ccccc1. The number of phenols is 2. The van der Waals surface area contributed by atoms with Gasteiger partial charge in [-0.15, -0.1) is 0 Å². The summed E-state index contributed by atoms with van der Waals surface area (Å²) in [5.74, 6) is -1.04. The summed E-state index contributed by atoms with van der Waals surface area (Å²) in [4.78, 5) is 13.2. The van der Waals surface area contributed by atoms with Gasteiger partial charge in [0.05, 0.1) is 12.5 Å². The van der Waals surface area contributed by atoms with Crippen molar-refractivity contribution in [2.24, 2.45) is 0 Å². The normalized spacial score (nSPS) is 16.4. The number of phenolic OH excluding ortho intramolecular Hbond substituents is 2. The lowest BCUT2D eigenvalue weighted by molar-refractivity contribution is 0.0840. The molecule has 1 heterocycles. The Morgan fingerprint density at radius 1 is 0.872 bits per heavy atom. The molecule has 4 aromatic carbocycles. The minimum absolute atomic E-state index is 0.0758. The van der Waals surface area contributed by atoms with Crippen LogP contribution in [-0.2, 0) is 6.42 Å². The number of benzene rings is 4. The second-order valence-corrected chi connectivity index (χ2v) is 9.97. The van der Waals surface area contributed by atoms with E-state index < -0.39 is 18.1 Å². The highest BCUT2D eigenvalue weighted by Gasteiger charge is 2.35. The molecule has 1 aliphatic heterocycles. The number of Topliss-reactive ketones (excluding diaryl/α,β-unsaturated/α-hetero) is 1. The monoisotopic (exact) mass is 520 g/mol. The number of carbonyl (C=O) groups is 1. The molecule has 0 aliphatic carbocycles. The van der Waals surface area contributed by atoms with Crippen molar-refractivity contribution in [3.63, 3.8) is 0 Å². The summed E-state index contributed by atoms with van der Waals surface area (Å²) in [5.41, 5.74) is 3.41. The molecule has 5 heteroatoms. The molecule has 0 radical (unpaired) electrons. The van der Waals surface area contributed by atoms with Crippen molar-refractivity contribution in [3.8, 4) is 17.2 Å². The zero-order chi connectivity index (χ0) is 27.2. The maximum Gasteiger partial charge on any atom is 0.174 e. The first-order valence-corrected chi connectivity index (χ1v) is 13.3. The minimum Gasteiger partial charge on any atom is -0.507 e. The van der Waals surface area contributed by atoms with Crippen molar-refractivity contribution in [2.75, 3.05) is 0 Å². The van der Waals surface area contributed by atoms with Gasteiger partial charge >= 0.3 is 0 Å². The first-order valence-electron chi connectivity index (χ1n) is 13.3. The molecule has 0 saturated carbocycles. The van der Waals surface area contributed by atoms with Gasteiger partial charge in [0.2, 0.25) is 0 Å². The molecule has 3 N–H and O–H groups in total. The van der Waals surface area contributed by atoms with Gasteiger partial charge in [0.15, 0.2) is 5.78 Å². The number of ketones is 1. The summed E-state index contributed by atoms with van der Waals surface area (Å²) in [5, 5.41) is 32.9. The van der Waals surface area contributed by atoms with E-state index in [4.69, 9.17) is 4.74 Å². The smallest absolute Gasteiger partial charge is 0.174 e. The molecule has 39 heavy (non-hydrogen) atoms. The van der Waals surface area contributed by atoms with Gasteiger partial charge in [-0.3, -0.25) is 4.79 Å². The molecule has 0 aromatic heterocycles. The number of aromatic hydroxyl groups is 2. The number of hydrogen-bond donors (Lipinski definition) is 3. The molecule has 1 aliphatic rings. The van der Waals surface area contributed by atoms with Crippen LogP contribution in [0.3, 0.4) is 0 Å². The van der Waals surface area contributed by atoms with Gasteiger partial charge in [-0.05, 0) is 36.0 Å². The Bertz CT molecular complexity index is 1430. The van der Waals surface area contributed by atoms with Crippen molar-refractivity contribution in [1.29, 1.82) is 0 Å². The quantitative estimate of drug-likeness (QED) is 0.222. The lowest BCUT2D eigenvalue weighted by Crippen LogP contribution is -2.23. The summed E-state index contributed by atoms with van der Waals surface area (Å²) < 4.78 is 6.37. The topological polar surface area (TPSA) is 87.0 Å². The Kier molecular flexibility index (Phi) is 8.09. The third-order valence-electron chi connectivity index (χ3n) is 7.18. The average molecular weight is 521 g/mol. The average Bonchev–Trinajstić information content (AvgIpc) is 2.95. The molecule has 0 unspecified atom stereocenters. The maximum absolute atomic E-state index is 13.2. The molecule has 5 rings (SSSR count). The number of hydrogen-bond acceptors (Lipinski definition) is 5. The molecule has 4 aromatic rings. The first-order chi connectivity index (χ1) is 19.0. The highest BCUT2D eigenvalue weighted by atomic mass is 16.5. The number of fused-ring (bicyclic) bond motifs is 1. The van der Waals surface area contributed by atoms with Crippen LogP contribution in [0.4, 0.5) is 0 Å². The lowest BCUT2D eigenvalue weighted by atomic mass is 9.85. The Morgan fingerprint density at radius 3 is 2.21 bits per heavy atom. The summed E-state index contributed by atoms with van der Waals surface area (Å²) in [6.07, 6.45) is 4.26. The number of rotatable bonds is 9. The van der Waals surface area contributed by atoms with E-state index in [9.17, 15) is 20.1 Å². The van der Waals surface area contributed by atoms with Crippen LogP contribution in [0.2, 0.25) is 0 Å². The Labute approximate surface area is 228 Å². The summed E-state index contributed by atoms with van der Waals surface area (Å²) in [6.45, 7) is 0. The van der Waals surface area contributed by atoms with Gasteiger partial charge in [-0.2, -0.15) is 0 Å². The van der Waals surface area contributed by atoms with Gasteiger partial charge < -0.3 is 20.1 Å². The second kappa shape index (κ2) is 12.0. The number of aliphatic hydroxyl groups excluding tert-OH is 1. The van der Waals surface area contributed by atoms with E-state index in [0.29, 0.717) is 24.8 Å². The van der Waals surface area contributed by atoms with Gasteiger partial charge in [0, 0.05) is 17.5 Å². The maximum atomic E-state index is 13.2. The fraction of sp³-hybridized carbons (Fsp3) is 0.206. The van der Waals surface area contributed by atoms with Crippen LogP contribution >= 0.6 is 0 Å². The van der Waals surface area contributed by atoms with Crippen LogP contribution in [0.5, 0.6) is 17.2 Å². The van der Waals surface area contributed by atoms with Gasteiger partial charge in [0.25, 0.3) is 0 Å². The zero-order valence-corrected chi connectivity index (χ0v) is 21.6. The Balaban J connectivity index is 1.51. The fourth-order valence-electron chi connectivity index (χ4n) is 5.18. The molecule has 0 bridgehead atoms. The van der Waals surface area contributed by atoms with Crippen LogP contribution < -0.4 is 4.74 Å². The van der Waals surface area contributed by atoms with E-state index >= 15 is 0 Å². The first kappa shape index (κ1) is 26.3. The number of aryl methyl sites for hydroxylation is 1. The third-order valence-corrected chi connectivity index (χ3v) is 7.18. The Morgan fingerprint density at radius 2 is 1.51 bits per heavy atom. The third kappa shape index (κ3) is 6.21. The van der Waals surface area contributed by atoms with Crippen molar-refractivity contribution in [2.45, 2.75) is 43.8 Å². The summed E-state index contributed by atoms with van der Waals surface area (Å²) in [6, 6.07) is 30.4. The van der Waals surface area contributed by atoms with E-state index in [-0.39, 0.29) is 35.0 Å². The van der Waals surface area contributed by atoms with Crippen molar-refractivity contribution in [1.82, 2.24) is 0 Å². The molecule has 198 valence electrons. The predicted octanol–water partition coefficient (Wildman–Crippen LogP) is 6.99. The zero-order valence-electron chi connectivity index (χ0n) is 21.6. The highest BCUT2D eigenvalue weighted by Crippen LogP contribution is 2.49. The Hall–Kier alpha value is -4.35.